The van der Waals surface area contributed by atoms with Crippen molar-refractivity contribution in [3.8, 4) is 0 Å². The van der Waals surface area contributed by atoms with Gasteiger partial charge in [0.25, 0.3) is 0 Å². The molecule has 0 aliphatic heterocycles. The van der Waals surface area contributed by atoms with E-state index >= 15 is 0 Å². The van der Waals surface area contributed by atoms with Crippen LogP contribution < -0.4 is 5.73 Å². The van der Waals surface area contributed by atoms with Crippen LogP contribution >= 0.6 is 0 Å². The van der Waals surface area contributed by atoms with Crippen molar-refractivity contribution in [3.05, 3.63) is 18.9 Å². The molecule has 5 nitrogen and oxygen atoms in total. The largest absolute Gasteiger partial charge is 0.313 e. The summed E-state index contributed by atoms with van der Waals surface area (Å²) in [6.07, 6.45) is 5.04. The minimum atomic E-state index is 0.440. The third-order valence-electron chi connectivity index (χ3n) is 1.41. The standard InChI is InChI=1S/C5H7N5/c6-2-9-4-8-10-3-7-1-5(9)10/h1,3-4H,2,6H2. The molecule has 0 saturated carbocycles. The number of rotatable bonds is 1. The topological polar surface area (TPSA) is 61.1 Å². The smallest absolute Gasteiger partial charge is 0.156 e. The molecule has 10 heavy (non-hydrogen) atoms. The van der Waals surface area contributed by atoms with Crippen LogP contribution in [0.4, 0.5) is 0 Å². The first-order chi connectivity index (χ1) is 4.92. The van der Waals surface area contributed by atoms with E-state index in [4.69, 9.17) is 5.73 Å². The Bertz CT molecular complexity index is 332. The molecular weight excluding hydrogens is 130 g/mol. The van der Waals surface area contributed by atoms with Gasteiger partial charge in [0.05, 0.1) is 12.9 Å². The minimum Gasteiger partial charge on any atom is -0.313 e. The van der Waals surface area contributed by atoms with E-state index in [0.717, 1.165) is 5.65 Å². The third-order valence-corrected chi connectivity index (χ3v) is 1.41. The van der Waals surface area contributed by atoms with Crippen molar-refractivity contribution in [1.82, 2.24) is 19.2 Å². The van der Waals surface area contributed by atoms with Crippen LogP contribution in [0.25, 0.3) is 5.65 Å². The summed E-state index contributed by atoms with van der Waals surface area (Å²) in [7, 11) is 0. The van der Waals surface area contributed by atoms with Gasteiger partial charge in [-0.2, -0.15) is 5.10 Å². The summed E-state index contributed by atoms with van der Waals surface area (Å²) >= 11 is 0. The van der Waals surface area contributed by atoms with Gasteiger partial charge in [0, 0.05) is 0 Å². The molecule has 2 N–H and O–H groups in total. The maximum absolute atomic E-state index is 5.40. The molecule has 0 aliphatic rings. The van der Waals surface area contributed by atoms with Gasteiger partial charge >= 0.3 is 0 Å². The Balaban J connectivity index is 2.76. The molecule has 2 aromatic heterocycles. The van der Waals surface area contributed by atoms with Gasteiger partial charge < -0.3 is 10.3 Å². The number of fused-ring (bicyclic) bond motifs is 1. The molecule has 0 unspecified atom stereocenters. The quantitative estimate of drug-likeness (QED) is 0.573. The zero-order valence-electron chi connectivity index (χ0n) is 5.31. The summed E-state index contributed by atoms with van der Waals surface area (Å²) in [4.78, 5) is 3.89. The van der Waals surface area contributed by atoms with Gasteiger partial charge in [0.1, 0.15) is 12.7 Å². The van der Waals surface area contributed by atoms with Crippen LogP contribution in [0.1, 0.15) is 0 Å². The monoisotopic (exact) mass is 137 g/mol. The Hall–Kier alpha value is -1.36. The summed E-state index contributed by atoms with van der Waals surface area (Å²) < 4.78 is 3.49. The molecule has 0 spiro atoms. The van der Waals surface area contributed by atoms with Crippen LogP contribution in [0.3, 0.4) is 0 Å². The van der Waals surface area contributed by atoms with Gasteiger partial charge in [0.15, 0.2) is 5.65 Å². The van der Waals surface area contributed by atoms with Gasteiger partial charge in [-0.3, -0.25) is 0 Å². The predicted octanol–water partition coefficient (Wildman–Crippen LogP) is -0.553. The van der Waals surface area contributed by atoms with Crippen molar-refractivity contribution < 1.29 is 0 Å². The van der Waals surface area contributed by atoms with Crippen LogP contribution in [0.5, 0.6) is 0 Å². The maximum Gasteiger partial charge on any atom is 0.156 e. The number of nitrogens with zero attached hydrogens (tertiary/aromatic N) is 4. The first-order valence-electron chi connectivity index (χ1n) is 2.95. The molecule has 0 aliphatic carbocycles. The van der Waals surface area contributed by atoms with Gasteiger partial charge in [-0.05, 0) is 0 Å². The average Bonchev–Trinajstić information content (AvgIpc) is 2.44. The number of hydrogen-bond donors (Lipinski definition) is 1. The first kappa shape index (κ1) is 5.43. The second-order valence-electron chi connectivity index (χ2n) is 1.98. The van der Waals surface area contributed by atoms with E-state index < -0.39 is 0 Å². The van der Waals surface area contributed by atoms with E-state index in [2.05, 4.69) is 10.1 Å². The zero-order chi connectivity index (χ0) is 6.97. The van der Waals surface area contributed by atoms with E-state index in [-0.39, 0.29) is 0 Å². The van der Waals surface area contributed by atoms with Crippen LogP contribution in [-0.2, 0) is 6.67 Å². The molecule has 0 saturated heterocycles. The molecule has 5 heteroatoms. The normalized spacial score (nSPS) is 10.9. The highest BCUT2D eigenvalue weighted by Crippen LogP contribution is 1.97. The van der Waals surface area contributed by atoms with Crippen LogP contribution in [0, 0.1) is 0 Å². The highest BCUT2D eigenvalue weighted by atomic mass is 15.4. The molecule has 52 valence electrons. The molecule has 0 radical (unpaired) electrons. The van der Waals surface area contributed by atoms with E-state index in [1.807, 2.05) is 4.57 Å². The first-order valence-corrected chi connectivity index (χ1v) is 2.95. The van der Waals surface area contributed by atoms with Gasteiger partial charge in [-0.15, -0.1) is 0 Å². The number of hydrogen-bond acceptors (Lipinski definition) is 3. The minimum absolute atomic E-state index is 0.440. The second kappa shape index (κ2) is 1.81. The molecule has 0 fully saturated rings. The fraction of sp³-hybridized carbons (Fsp3) is 0.200. The van der Waals surface area contributed by atoms with Crippen LogP contribution in [0.2, 0.25) is 0 Å². The zero-order valence-corrected chi connectivity index (χ0v) is 5.31. The Morgan fingerprint density at radius 1 is 1.50 bits per heavy atom. The van der Waals surface area contributed by atoms with E-state index in [0.29, 0.717) is 6.67 Å². The summed E-state index contributed by atoms with van der Waals surface area (Å²) in [5, 5.41) is 3.99. The van der Waals surface area contributed by atoms with Crippen molar-refractivity contribution in [2.45, 2.75) is 6.67 Å². The Morgan fingerprint density at radius 3 is 3.20 bits per heavy atom. The van der Waals surface area contributed by atoms with Crippen molar-refractivity contribution in [2.75, 3.05) is 0 Å². The Kier molecular flexibility index (Phi) is 0.983. The highest BCUT2D eigenvalue weighted by molar-refractivity contribution is 5.34. The molecule has 0 aromatic carbocycles. The molecule has 2 rings (SSSR count). The summed E-state index contributed by atoms with van der Waals surface area (Å²) in [5.74, 6) is 0. The lowest BCUT2D eigenvalue weighted by molar-refractivity contribution is 0.754. The van der Waals surface area contributed by atoms with Crippen molar-refractivity contribution in [2.24, 2.45) is 5.73 Å². The average molecular weight is 137 g/mol. The molecule has 2 aromatic rings. The van der Waals surface area contributed by atoms with Crippen molar-refractivity contribution in [3.63, 3.8) is 0 Å². The molecule has 2 heterocycles. The molecule has 0 atom stereocenters. The van der Waals surface area contributed by atoms with Gasteiger partial charge in [0.2, 0.25) is 0 Å². The van der Waals surface area contributed by atoms with E-state index in [1.165, 1.54) is 0 Å². The number of nitrogens with two attached hydrogens (primary N) is 1. The highest BCUT2D eigenvalue weighted by Gasteiger charge is 1.97. The molecular formula is C5H7N5. The number of imidazole rings is 1. The van der Waals surface area contributed by atoms with Crippen molar-refractivity contribution in [1.29, 1.82) is 0 Å². The summed E-state index contributed by atoms with van der Waals surface area (Å²) in [6, 6.07) is 0. The molecule has 0 amide bonds. The molecule has 0 bridgehead atoms. The maximum atomic E-state index is 5.40. The lowest BCUT2D eigenvalue weighted by Gasteiger charge is -1.91. The fourth-order valence-corrected chi connectivity index (χ4v) is 0.894. The number of aromatic nitrogens is 4. The lowest BCUT2D eigenvalue weighted by atomic mass is 10.8. The van der Waals surface area contributed by atoms with Crippen molar-refractivity contribution >= 4 is 5.65 Å². The Labute approximate surface area is 57.1 Å². The van der Waals surface area contributed by atoms with E-state index in [1.54, 1.807) is 23.4 Å². The van der Waals surface area contributed by atoms with Crippen LogP contribution in [-0.4, -0.2) is 19.2 Å². The van der Waals surface area contributed by atoms with E-state index in [9.17, 15) is 0 Å². The summed E-state index contributed by atoms with van der Waals surface area (Å²) in [5.41, 5.74) is 6.32. The predicted molar refractivity (Wildman–Crippen MR) is 35.2 cm³/mol. The van der Waals surface area contributed by atoms with Crippen LogP contribution in [0.15, 0.2) is 18.9 Å². The SMILES string of the molecule is NCn1cnn2cncc12. The van der Waals surface area contributed by atoms with Gasteiger partial charge in [-0.25, -0.2) is 9.50 Å². The summed E-state index contributed by atoms with van der Waals surface area (Å²) in [6.45, 7) is 0.440. The van der Waals surface area contributed by atoms with Gasteiger partial charge in [-0.1, -0.05) is 0 Å². The second-order valence-corrected chi connectivity index (χ2v) is 1.98. The third kappa shape index (κ3) is 0.548. The lowest BCUT2D eigenvalue weighted by Crippen LogP contribution is -2.04. The Morgan fingerprint density at radius 2 is 2.40 bits per heavy atom. The fourth-order valence-electron chi connectivity index (χ4n) is 0.894.